The summed E-state index contributed by atoms with van der Waals surface area (Å²) in [5, 5.41) is 11.5. The Morgan fingerprint density at radius 1 is 1.09 bits per heavy atom. The number of carbonyl (C=O) groups excluding carboxylic acids is 1. The summed E-state index contributed by atoms with van der Waals surface area (Å²) >= 11 is 0. The number of anilines is 1. The summed E-state index contributed by atoms with van der Waals surface area (Å²) in [4.78, 5) is 44.0. The quantitative estimate of drug-likeness (QED) is 0.273. The van der Waals surface area contributed by atoms with Gasteiger partial charge < -0.3 is 19.9 Å². The Hall–Kier alpha value is -5.78. The number of nitrogens with zero attached hydrogens (tertiary/aromatic N) is 4. The minimum atomic E-state index is -0.824. The first-order valence-corrected chi connectivity index (χ1v) is 13.3. The Morgan fingerprint density at radius 2 is 1.81 bits per heavy atom. The molecule has 1 aliphatic rings. The van der Waals surface area contributed by atoms with Crippen LogP contribution in [-0.2, 0) is 7.05 Å². The number of dihydropyridines is 1. The zero-order chi connectivity index (χ0) is 30.7. The molecule has 1 amide bonds. The van der Waals surface area contributed by atoms with Crippen LogP contribution >= 0.6 is 0 Å². The van der Waals surface area contributed by atoms with Gasteiger partial charge in [-0.2, -0.15) is 0 Å². The van der Waals surface area contributed by atoms with Gasteiger partial charge in [-0.25, -0.2) is 18.7 Å². The zero-order valence-electron chi connectivity index (χ0n) is 23.6. The summed E-state index contributed by atoms with van der Waals surface area (Å²) in [6, 6.07) is 11.1. The van der Waals surface area contributed by atoms with Crippen molar-refractivity contribution in [2.24, 2.45) is 7.05 Å². The molecule has 43 heavy (non-hydrogen) atoms. The van der Waals surface area contributed by atoms with Crippen molar-refractivity contribution in [3.8, 4) is 11.4 Å². The number of aromatic nitrogens is 4. The van der Waals surface area contributed by atoms with Crippen LogP contribution in [0.25, 0.3) is 11.3 Å². The number of halogens is 1. The van der Waals surface area contributed by atoms with Crippen molar-refractivity contribution in [2.45, 2.75) is 19.9 Å². The van der Waals surface area contributed by atoms with Gasteiger partial charge in [0.1, 0.15) is 17.1 Å². The molecule has 2 aromatic carbocycles. The smallest absolute Gasteiger partial charge is 0.335 e. The van der Waals surface area contributed by atoms with E-state index in [0.717, 1.165) is 28.0 Å². The van der Waals surface area contributed by atoms with E-state index < -0.39 is 23.0 Å². The summed E-state index contributed by atoms with van der Waals surface area (Å²) in [5.74, 6) is -0.257. The maximum absolute atomic E-state index is 13.5. The van der Waals surface area contributed by atoms with Crippen molar-refractivity contribution >= 4 is 23.4 Å². The number of benzene rings is 2. The number of ether oxygens (including phenoxy) is 1. The van der Waals surface area contributed by atoms with Crippen LogP contribution in [-0.4, -0.2) is 30.8 Å². The van der Waals surface area contributed by atoms with Gasteiger partial charge in [-0.05, 0) is 68.5 Å². The molecule has 0 unspecified atom stereocenters. The average molecular weight is 583 g/mol. The second-order valence-corrected chi connectivity index (χ2v) is 9.97. The largest absolute Gasteiger partial charge is 0.455 e. The molecule has 0 atom stereocenters. The standard InChI is InChI=1S/C31H28FN7O4/c1-19(2)38-16-25(30(41)39(31(38)42)23-8-4-21(32)5-9-23)29(40)36-22-6-10-24(11-7-22)43-28-14-20(15-34-26(28)12-13-33)27-17-37(3)18-35-27/h4-19,33-34H,1-3H3,(H,36,40)/p+1/b26-12-,33-13?. The van der Waals surface area contributed by atoms with Crippen molar-refractivity contribution in [3.05, 3.63) is 135 Å². The SMILES string of the molecule is CC(C)n1cc(C(=O)Nc2ccc(OC3=CC(c4cn(C)cn4)=CN/C3=C\C=[NH2+])cc2)c(=O)n(-c2ccc(F)cc2)c1=O. The Labute approximate surface area is 245 Å². The Kier molecular flexibility index (Phi) is 8.01. The van der Waals surface area contributed by atoms with Gasteiger partial charge in [0.15, 0.2) is 12.0 Å². The molecule has 11 nitrogen and oxygen atoms in total. The maximum Gasteiger partial charge on any atom is 0.335 e. The summed E-state index contributed by atoms with van der Waals surface area (Å²) in [6.45, 7) is 3.50. The molecule has 218 valence electrons. The lowest BCUT2D eigenvalue weighted by Crippen LogP contribution is -2.42. The normalized spacial score (nSPS) is 13.7. The number of hydrogen-bond donors (Lipinski definition) is 3. The molecule has 0 aliphatic carbocycles. The highest BCUT2D eigenvalue weighted by Crippen LogP contribution is 2.26. The van der Waals surface area contributed by atoms with Crippen LogP contribution in [0.5, 0.6) is 5.75 Å². The molecule has 5 rings (SSSR count). The van der Waals surface area contributed by atoms with Crippen molar-refractivity contribution in [3.63, 3.8) is 0 Å². The fourth-order valence-electron chi connectivity index (χ4n) is 4.36. The van der Waals surface area contributed by atoms with Crippen LogP contribution < -0.4 is 32.0 Å². The highest BCUT2D eigenvalue weighted by Gasteiger charge is 2.20. The first kappa shape index (κ1) is 28.7. The number of nitrogens with one attached hydrogen (secondary N) is 2. The van der Waals surface area contributed by atoms with E-state index in [1.54, 1.807) is 56.7 Å². The lowest BCUT2D eigenvalue weighted by molar-refractivity contribution is -0.104. The van der Waals surface area contributed by atoms with E-state index in [4.69, 9.17) is 10.1 Å². The molecule has 0 saturated carbocycles. The number of allylic oxidation sites excluding steroid dienone is 3. The first-order chi connectivity index (χ1) is 20.6. The summed E-state index contributed by atoms with van der Waals surface area (Å²) in [7, 11) is 1.88. The molecule has 12 heteroatoms. The van der Waals surface area contributed by atoms with E-state index in [1.807, 2.05) is 23.9 Å². The lowest BCUT2D eigenvalue weighted by atomic mass is 10.1. The fourth-order valence-corrected chi connectivity index (χ4v) is 4.36. The lowest BCUT2D eigenvalue weighted by Gasteiger charge is -2.18. The van der Waals surface area contributed by atoms with E-state index in [9.17, 15) is 18.8 Å². The fraction of sp³-hybridized carbons (Fsp3) is 0.129. The van der Waals surface area contributed by atoms with E-state index in [2.05, 4.69) is 15.6 Å². The molecular formula is C31H29FN7O4+. The third-order valence-electron chi connectivity index (χ3n) is 6.54. The average Bonchev–Trinajstić information content (AvgIpc) is 3.42. The third-order valence-corrected chi connectivity index (χ3v) is 6.54. The second kappa shape index (κ2) is 12.0. The van der Waals surface area contributed by atoms with Crippen molar-refractivity contribution < 1.29 is 19.3 Å². The minimum absolute atomic E-state index is 0.148. The topological polar surface area (TPSA) is 138 Å². The van der Waals surface area contributed by atoms with E-state index in [1.165, 1.54) is 29.1 Å². The molecule has 2 aromatic heterocycles. The predicted molar refractivity (Wildman–Crippen MR) is 160 cm³/mol. The Bertz CT molecular complexity index is 1910. The number of aryl methyl sites for hydroxylation is 1. The molecule has 0 bridgehead atoms. The van der Waals surface area contributed by atoms with Gasteiger partial charge in [-0.3, -0.25) is 19.6 Å². The Morgan fingerprint density at radius 3 is 2.44 bits per heavy atom. The highest BCUT2D eigenvalue weighted by molar-refractivity contribution is 6.03. The molecule has 3 heterocycles. The summed E-state index contributed by atoms with van der Waals surface area (Å²) < 4.78 is 23.6. The highest BCUT2D eigenvalue weighted by atomic mass is 19.1. The number of amides is 1. The minimum Gasteiger partial charge on any atom is -0.455 e. The molecule has 0 radical (unpaired) electrons. The van der Waals surface area contributed by atoms with Crippen LogP contribution in [0.1, 0.15) is 35.9 Å². The second-order valence-electron chi connectivity index (χ2n) is 9.97. The number of rotatable bonds is 8. The van der Waals surface area contributed by atoms with Gasteiger partial charge >= 0.3 is 5.69 Å². The van der Waals surface area contributed by atoms with Gasteiger partial charge in [-0.15, -0.1) is 0 Å². The number of imidazole rings is 1. The molecule has 0 saturated heterocycles. The third kappa shape index (κ3) is 6.12. The van der Waals surface area contributed by atoms with Gasteiger partial charge in [0, 0.05) is 49.0 Å². The maximum atomic E-state index is 13.5. The molecule has 4 N–H and O–H groups in total. The molecule has 0 fully saturated rings. The van der Waals surface area contributed by atoms with Crippen LogP contribution in [0.2, 0.25) is 0 Å². The summed E-state index contributed by atoms with van der Waals surface area (Å²) in [6.07, 6.45) is 11.5. The van der Waals surface area contributed by atoms with Crippen LogP contribution in [0, 0.1) is 5.82 Å². The van der Waals surface area contributed by atoms with Crippen LogP contribution in [0.3, 0.4) is 0 Å². The monoisotopic (exact) mass is 582 g/mol. The molecule has 0 spiro atoms. The molecule has 1 aliphatic heterocycles. The van der Waals surface area contributed by atoms with Gasteiger partial charge in [0.25, 0.3) is 11.5 Å². The number of carbonyl (C=O) groups is 1. The number of nitrogens with two attached hydrogens (primary N) is 1. The van der Waals surface area contributed by atoms with Crippen molar-refractivity contribution in [2.75, 3.05) is 5.32 Å². The van der Waals surface area contributed by atoms with Crippen LogP contribution in [0.15, 0.2) is 107 Å². The van der Waals surface area contributed by atoms with Crippen LogP contribution in [0.4, 0.5) is 10.1 Å². The molecular weight excluding hydrogens is 553 g/mol. The van der Waals surface area contributed by atoms with Crippen molar-refractivity contribution in [1.82, 2.24) is 24.0 Å². The van der Waals surface area contributed by atoms with Gasteiger partial charge in [0.2, 0.25) is 0 Å². The molecule has 4 aromatic rings. The summed E-state index contributed by atoms with van der Waals surface area (Å²) in [5.41, 5.74) is 1.02. The Balaban J connectivity index is 1.39. The van der Waals surface area contributed by atoms with E-state index in [-0.39, 0.29) is 17.3 Å². The van der Waals surface area contributed by atoms with E-state index in [0.29, 0.717) is 22.9 Å². The zero-order valence-corrected chi connectivity index (χ0v) is 23.6. The first-order valence-electron chi connectivity index (χ1n) is 13.3. The van der Waals surface area contributed by atoms with Crippen molar-refractivity contribution in [1.29, 1.82) is 0 Å². The van der Waals surface area contributed by atoms with E-state index >= 15 is 0 Å². The number of hydrogen-bond acceptors (Lipinski definition) is 6. The van der Waals surface area contributed by atoms with Gasteiger partial charge in [0.05, 0.1) is 23.4 Å². The predicted octanol–water partition coefficient (Wildman–Crippen LogP) is 2.33. The van der Waals surface area contributed by atoms with Gasteiger partial charge in [-0.1, -0.05) is 0 Å².